The van der Waals surface area contributed by atoms with E-state index in [0.717, 1.165) is 0 Å². The molecular weight excluding hydrogens is 391 g/mol. The molecule has 1 heterocycles. The van der Waals surface area contributed by atoms with E-state index in [0.29, 0.717) is 0 Å². The number of carbonyl (C=O) groups is 2. The van der Waals surface area contributed by atoms with E-state index in [1.165, 1.54) is 43.5 Å². The van der Waals surface area contributed by atoms with Gasteiger partial charge in [0.2, 0.25) is 0 Å². The van der Waals surface area contributed by atoms with E-state index in [1.807, 2.05) is 5.32 Å². The summed E-state index contributed by atoms with van der Waals surface area (Å²) in [5.41, 5.74) is -3.69. The second-order valence-corrected chi connectivity index (χ2v) is 5.75. The minimum absolute atomic E-state index is 0.0821. The van der Waals surface area contributed by atoms with Crippen molar-refractivity contribution in [3.63, 3.8) is 0 Å². The zero-order chi connectivity index (χ0) is 21.5. The lowest BCUT2D eigenvalue weighted by Gasteiger charge is -2.30. The zero-order valence-electron chi connectivity index (χ0n) is 15.8. The molecule has 1 aromatic heterocycles. The molecule has 1 amide bonds. The molecule has 1 atom stereocenters. The molecule has 1 aromatic carbocycles. The molecule has 0 aliphatic rings. The number of amides is 1. The van der Waals surface area contributed by atoms with Crippen LogP contribution < -0.4 is 20.4 Å². The first-order valence-electron chi connectivity index (χ1n) is 8.78. The number of anilines is 1. The molecule has 0 saturated carbocycles. The number of aromatic nitrogens is 1. The molecule has 156 valence electrons. The van der Waals surface area contributed by atoms with E-state index in [1.54, 1.807) is 24.4 Å². The Balaban J connectivity index is 2.51. The van der Waals surface area contributed by atoms with Crippen molar-refractivity contribution in [1.82, 2.24) is 5.32 Å². The third-order valence-electron chi connectivity index (χ3n) is 3.77. The van der Waals surface area contributed by atoms with Gasteiger partial charge in [0.25, 0.3) is 11.7 Å². The van der Waals surface area contributed by atoms with Crippen LogP contribution in [0.25, 0.3) is 0 Å². The fourth-order valence-corrected chi connectivity index (χ4v) is 2.48. The molecule has 0 spiro atoms. The molecule has 0 unspecified atom stereocenters. The summed E-state index contributed by atoms with van der Waals surface area (Å²) in [7, 11) is 0. The van der Waals surface area contributed by atoms with Gasteiger partial charge in [-0.05, 0) is 32.0 Å². The Morgan fingerprint density at radius 3 is 2.31 bits per heavy atom. The number of para-hydroxylation sites is 1. The SMILES string of the molecule is CCOC(=O)[C@](NC(=O)c1ccccc1OCC)(Nc1cccc[nH+]1)C(F)(F)F. The van der Waals surface area contributed by atoms with Gasteiger partial charge in [0.15, 0.2) is 0 Å². The van der Waals surface area contributed by atoms with E-state index in [-0.39, 0.29) is 30.3 Å². The maximum Gasteiger partial charge on any atom is 0.464 e. The summed E-state index contributed by atoms with van der Waals surface area (Å²) in [4.78, 5) is 27.7. The number of nitrogens with one attached hydrogen (secondary N) is 3. The van der Waals surface area contributed by atoms with E-state index >= 15 is 0 Å². The summed E-state index contributed by atoms with van der Waals surface area (Å²) >= 11 is 0. The highest BCUT2D eigenvalue weighted by molar-refractivity contribution is 6.01. The maximum atomic E-state index is 14.1. The maximum absolute atomic E-state index is 14.1. The number of alkyl halides is 3. The summed E-state index contributed by atoms with van der Waals surface area (Å²) in [5, 5.41) is 3.81. The Labute approximate surface area is 165 Å². The number of pyridine rings is 1. The van der Waals surface area contributed by atoms with Crippen molar-refractivity contribution in [3.8, 4) is 5.75 Å². The summed E-state index contributed by atoms with van der Waals surface area (Å²) in [6.07, 6.45) is -3.88. The average molecular weight is 412 g/mol. The van der Waals surface area contributed by atoms with Crippen LogP contribution >= 0.6 is 0 Å². The number of aromatic amines is 1. The molecule has 10 heteroatoms. The fourth-order valence-electron chi connectivity index (χ4n) is 2.48. The normalized spacial score (nSPS) is 13.1. The number of H-pyrrole nitrogens is 1. The molecule has 3 N–H and O–H groups in total. The monoisotopic (exact) mass is 412 g/mol. The molecule has 29 heavy (non-hydrogen) atoms. The van der Waals surface area contributed by atoms with Crippen LogP contribution in [0.3, 0.4) is 0 Å². The second-order valence-electron chi connectivity index (χ2n) is 5.75. The van der Waals surface area contributed by atoms with Gasteiger partial charge in [0, 0.05) is 6.07 Å². The van der Waals surface area contributed by atoms with Crippen molar-refractivity contribution in [2.24, 2.45) is 0 Å². The first-order chi connectivity index (χ1) is 13.7. The highest BCUT2D eigenvalue weighted by atomic mass is 19.4. The topological polar surface area (TPSA) is 90.8 Å². The predicted molar refractivity (Wildman–Crippen MR) is 97.1 cm³/mol. The van der Waals surface area contributed by atoms with Gasteiger partial charge in [-0.25, -0.2) is 15.1 Å². The van der Waals surface area contributed by atoms with Crippen LogP contribution in [0.1, 0.15) is 24.2 Å². The number of hydrogen-bond donors (Lipinski definition) is 2. The summed E-state index contributed by atoms with van der Waals surface area (Å²) in [6.45, 7) is 2.91. The van der Waals surface area contributed by atoms with Crippen LogP contribution in [0.2, 0.25) is 0 Å². The van der Waals surface area contributed by atoms with Crippen molar-refractivity contribution in [2.75, 3.05) is 18.5 Å². The van der Waals surface area contributed by atoms with Crippen LogP contribution in [-0.4, -0.2) is 36.9 Å². The molecular formula is C19H21F3N3O4+. The largest absolute Gasteiger partial charge is 0.493 e. The smallest absolute Gasteiger partial charge is 0.464 e. The molecule has 0 saturated heterocycles. The van der Waals surface area contributed by atoms with Crippen LogP contribution in [0, 0.1) is 0 Å². The molecule has 2 aromatic rings. The highest BCUT2D eigenvalue weighted by Crippen LogP contribution is 2.33. The van der Waals surface area contributed by atoms with E-state index < -0.39 is 23.7 Å². The van der Waals surface area contributed by atoms with Gasteiger partial charge in [-0.1, -0.05) is 18.2 Å². The highest BCUT2D eigenvalue weighted by Gasteiger charge is 2.68. The van der Waals surface area contributed by atoms with Crippen LogP contribution in [0.4, 0.5) is 19.0 Å². The Morgan fingerprint density at radius 2 is 1.72 bits per heavy atom. The van der Waals surface area contributed by atoms with Gasteiger partial charge in [0.05, 0.1) is 25.0 Å². The quantitative estimate of drug-likeness (QED) is 0.514. The van der Waals surface area contributed by atoms with Crippen molar-refractivity contribution in [2.45, 2.75) is 25.7 Å². The van der Waals surface area contributed by atoms with Gasteiger partial charge >= 0.3 is 17.8 Å². The number of esters is 1. The molecule has 0 radical (unpaired) electrons. The van der Waals surface area contributed by atoms with E-state index in [4.69, 9.17) is 4.74 Å². The lowest BCUT2D eigenvalue weighted by Crippen LogP contribution is -2.69. The fraction of sp³-hybridized carbons (Fsp3) is 0.316. The first-order valence-corrected chi connectivity index (χ1v) is 8.78. The van der Waals surface area contributed by atoms with Crippen molar-refractivity contribution in [3.05, 3.63) is 54.2 Å². The van der Waals surface area contributed by atoms with Crippen molar-refractivity contribution >= 4 is 17.7 Å². The van der Waals surface area contributed by atoms with Gasteiger partial charge in [0.1, 0.15) is 5.75 Å². The minimum atomic E-state index is -5.24. The van der Waals surface area contributed by atoms with Crippen LogP contribution in [0.15, 0.2) is 48.7 Å². The summed E-state index contributed by atoms with van der Waals surface area (Å²) in [6, 6.07) is 10.0. The number of halogens is 3. The molecule has 0 fully saturated rings. The second kappa shape index (κ2) is 9.26. The Kier molecular flexibility index (Phi) is 7.03. The third-order valence-corrected chi connectivity index (χ3v) is 3.77. The Morgan fingerprint density at radius 1 is 1.03 bits per heavy atom. The van der Waals surface area contributed by atoms with Crippen LogP contribution in [0.5, 0.6) is 5.75 Å². The minimum Gasteiger partial charge on any atom is -0.493 e. The third kappa shape index (κ3) is 4.95. The van der Waals surface area contributed by atoms with Gasteiger partial charge in [-0.15, -0.1) is 0 Å². The summed E-state index contributed by atoms with van der Waals surface area (Å²) < 4.78 is 52.3. The van der Waals surface area contributed by atoms with Crippen molar-refractivity contribution < 1.29 is 37.2 Å². The van der Waals surface area contributed by atoms with Crippen LogP contribution in [-0.2, 0) is 9.53 Å². The molecule has 0 bridgehead atoms. The van der Waals surface area contributed by atoms with E-state index in [2.05, 4.69) is 9.72 Å². The Bertz CT molecular complexity index is 846. The number of rotatable bonds is 8. The van der Waals surface area contributed by atoms with Crippen molar-refractivity contribution in [1.29, 1.82) is 0 Å². The number of carbonyl (C=O) groups excluding carboxylic acids is 2. The first kappa shape index (κ1) is 22.0. The Hall–Kier alpha value is -3.30. The number of benzene rings is 1. The number of hydrogen-bond acceptors (Lipinski definition) is 5. The average Bonchev–Trinajstić information content (AvgIpc) is 2.68. The number of ether oxygens (including phenoxy) is 2. The predicted octanol–water partition coefficient (Wildman–Crippen LogP) is 2.56. The summed E-state index contributed by atoms with van der Waals surface area (Å²) in [5.74, 6) is -2.94. The standard InChI is InChI=1S/C19H20F3N3O4/c1-3-28-14-10-6-5-9-13(14)16(26)25-18(19(20,21)22,17(27)29-4-2)24-15-11-7-8-12-23-15/h5-12H,3-4H2,1-2H3,(H,23,24)(H,25,26)/p+1/t18-/m1/s1. The zero-order valence-corrected chi connectivity index (χ0v) is 15.8. The van der Waals surface area contributed by atoms with Gasteiger partial charge < -0.3 is 9.47 Å². The molecule has 7 nitrogen and oxygen atoms in total. The van der Waals surface area contributed by atoms with Gasteiger partial charge in [-0.3, -0.25) is 10.1 Å². The molecule has 2 rings (SSSR count). The van der Waals surface area contributed by atoms with E-state index in [9.17, 15) is 22.8 Å². The lowest BCUT2D eigenvalue weighted by molar-refractivity contribution is -0.363. The van der Waals surface area contributed by atoms with Gasteiger partial charge in [-0.2, -0.15) is 13.2 Å². The lowest BCUT2D eigenvalue weighted by atomic mass is 10.1. The molecule has 0 aliphatic heterocycles. The molecule has 0 aliphatic carbocycles.